The number of carbonyl (C=O) groups excluding carboxylic acids is 2. The van der Waals surface area contributed by atoms with Crippen molar-refractivity contribution in [3.63, 3.8) is 0 Å². The molecule has 0 fully saturated rings. The molecule has 0 atom stereocenters. The van der Waals surface area contributed by atoms with Crippen molar-refractivity contribution in [2.24, 2.45) is 7.05 Å². The minimum absolute atomic E-state index is 0.0723. The van der Waals surface area contributed by atoms with Gasteiger partial charge in [0.15, 0.2) is 5.13 Å². The summed E-state index contributed by atoms with van der Waals surface area (Å²) in [6.07, 6.45) is 1.96. The molecule has 8 nitrogen and oxygen atoms in total. The van der Waals surface area contributed by atoms with Gasteiger partial charge in [-0.25, -0.2) is 9.97 Å². The summed E-state index contributed by atoms with van der Waals surface area (Å²) in [5.74, 6) is -0.638. The van der Waals surface area contributed by atoms with Gasteiger partial charge in [-0.1, -0.05) is 18.2 Å². The molecule has 3 aromatic heterocycles. The number of aromatic nitrogens is 4. The Labute approximate surface area is 182 Å². The minimum Gasteiger partial charge on any atom is -0.466 e. The van der Waals surface area contributed by atoms with Crippen LogP contribution in [0.2, 0.25) is 0 Å². The van der Waals surface area contributed by atoms with Crippen molar-refractivity contribution in [3.05, 3.63) is 58.9 Å². The van der Waals surface area contributed by atoms with E-state index in [1.165, 1.54) is 11.3 Å². The number of esters is 1. The van der Waals surface area contributed by atoms with Crippen LogP contribution in [0.4, 0.5) is 5.13 Å². The molecular weight excluding hydrogens is 414 g/mol. The van der Waals surface area contributed by atoms with Crippen LogP contribution in [0.15, 0.2) is 41.9 Å². The summed E-state index contributed by atoms with van der Waals surface area (Å²) >= 11 is 1.26. The molecule has 1 aromatic carbocycles. The van der Waals surface area contributed by atoms with Crippen LogP contribution in [-0.4, -0.2) is 38.2 Å². The fourth-order valence-corrected chi connectivity index (χ4v) is 4.03. The zero-order valence-corrected chi connectivity index (χ0v) is 18.2. The largest absolute Gasteiger partial charge is 0.466 e. The van der Waals surface area contributed by atoms with Gasteiger partial charge >= 0.3 is 5.97 Å². The number of hydrogen-bond donors (Lipinski definition) is 1. The second-order valence-electron chi connectivity index (χ2n) is 6.95. The van der Waals surface area contributed by atoms with Gasteiger partial charge in [-0.3, -0.25) is 19.6 Å². The van der Waals surface area contributed by atoms with Crippen LogP contribution in [0.3, 0.4) is 0 Å². The number of nitrogens with one attached hydrogen (secondary N) is 1. The van der Waals surface area contributed by atoms with Gasteiger partial charge in [-0.2, -0.15) is 5.10 Å². The van der Waals surface area contributed by atoms with E-state index in [0.717, 1.165) is 22.2 Å². The Morgan fingerprint density at radius 3 is 2.77 bits per heavy atom. The summed E-state index contributed by atoms with van der Waals surface area (Å²) < 4.78 is 6.67. The lowest BCUT2D eigenvalue weighted by Gasteiger charge is -2.09. The summed E-state index contributed by atoms with van der Waals surface area (Å²) in [7, 11) is 1.85. The van der Waals surface area contributed by atoms with Gasteiger partial charge in [0.05, 0.1) is 41.2 Å². The maximum absolute atomic E-state index is 13.2. The third kappa shape index (κ3) is 4.46. The van der Waals surface area contributed by atoms with Crippen molar-refractivity contribution >= 4 is 39.2 Å². The average molecular weight is 436 g/mol. The molecule has 0 spiro atoms. The Hall–Kier alpha value is -3.59. The first-order valence-corrected chi connectivity index (χ1v) is 10.6. The number of amides is 1. The van der Waals surface area contributed by atoms with Crippen LogP contribution in [0.5, 0.6) is 0 Å². The number of hydrogen-bond acceptors (Lipinski definition) is 7. The van der Waals surface area contributed by atoms with Crippen LogP contribution in [-0.2, 0) is 23.0 Å². The Balaban J connectivity index is 1.65. The number of pyridine rings is 1. The number of nitrogens with zero attached hydrogens (tertiary/aromatic N) is 4. The molecule has 0 aliphatic rings. The van der Waals surface area contributed by atoms with Crippen LogP contribution < -0.4 is 5.32 Å². The van der Waals surface area contributed by atoms with E-state index in [0.29, 0.717) is 28.7 Å². The van der Waals surface area contributed by atoms with Gasteiger partial charge in [-0.05, 0) is 26.0 Å². The second-order valence-corrected chi connectivity index (χ2v) is 7.81. The molecule has 1 amide bonds. The molecule has 0 unspecified atom stereocenters. The Bertz CT molecular complexity index is 1280. The van der Waals surface area contributed by atoms with Gasteiger partial charge in [0.2, 0.25) is 0 Å². The summed E-state index contributed by atoms with van der Waals surface area (Å²) in [6, 6.07) is 9.28. The first kappa shape index (κ1) is 20.7. The quantitative estimate of drug-likeness (QED) is 0.463. The average Bonchev–Trinajstić information content (AvgIpc) is 3.32. The maximum atomic E-state index is 13.2. The lowest BCUT2D eigenvalue weighted by atomic mass is 10.0. The smallest absolute Gasteiger partial charge is 0.311 e. The molecule has 0 bridgehead atoms. The summed E-state index contributed by atoms with van der Waals surface area (Å²) in [6.45, 7) is 3.98. The predicted molar refractivity (Wildman–Crippen MR) is 119 cm³/mol. The lowest BCUT2D eigenvalue weighted by Crippen LogP contribution is -2.13. The molecule has 4 rings (SSSR count). The van der Waals surface area contributed by atoms with E-state index < -0.39 is 0 Å². The topological polar surface area (TPSA) is 99.0 Å². The Morgan fingerprint density at radius 2 is 2.03 bits per heavy atom. The summed E-state index contributed by atoms with van der Waals surface area (Å²) in [5.41, 5.74) is 4.15. The van der Waals surface area contributed by atoms with Gasteiger partial charge in [-0.15, -0.1) is 11.3 Å². The fraction of sp³-hybridized carbons (Fsp3) is 0.227. The van der Waals surface area contributed by atoms with Crippen LogP contribution in [0.25, 0.3) is 22.2 Å². The number of rotatable bonds is 6. The molecule has 0 radical (unpaired) electrons. The van der Waals surface area contributed by atoms with Crippen molar-refractivity contribution in [1.82, 2.24) is 19.7 Å². The van der Waals surface area contributed by atoms with Crippen molar-refractivity contribution in [1.29, 1.82) is 0 Å². The van der Waals surface area contributed by atoms with E-state index in [9.17, 15) is 9.59 Å². The van der Waals surface area contributed by atoms with Crippen LogP contribution in [0.1, 0.15) is 28.7 Å². The molecule has 0 aliphatic heterocycles. The van der Waals surface area contributed by atoms with Crippen molar-refractivity contribution in [3.8, 4) is 11.3 Å². The normalized spacial score (nSPS) is 10.9. The van der Waals surface area contributed by atoms with Crippen molar-refractivity contribution in [2.45, 2.75) is 20.3 Å². The maximum Gasteiger partial charge on any atom is 0.311 e. The molecule has 4 aromatic rings. The van der Waals surface area contributed by atoms with Gasteiger partial charge in [0.1, 0.15) is 0 Å². The van der Waals surface area contributed by atoms with Gasteiger partial charge in [0, 0.05) is 29.6 Å². The zero-order valence-electron chi connectivity index (χ0n) is 17.4. The van der Waals surface area contributed by atoms with E-state index in [1.807, 2.05) is 44.4 Å². The van der Waals surface area contributed by atoms with E-state index in [2.05, 4.69) is 15.4 Å². The molecule has 31 heavy (non-hydrogen) atoms. The standard InChI is InChI=1S/C22H21N5O3S/c1-4-30-20(28)9-14-12-31-22(23-14)25-21(29)16-10-19(17-11-27(3)26-13(17)2)24-18-8-6-5-7-15(16)18/h5-8,10-12H,4,9H2,1-3H3,(H,23,25,29). The highest BCUT2D eigenvalue weighted by atomic mass is 32.1. The molecule has 3 heterocycles. The molecular formula is C22H21N5O3S. The highest BCUT2D eigenvalue weighted by molar-refractivity contribution is 7.14. The Morgan fingerprint density at radius 1 is 1.23 bits per heavy atom. The molecule has 1 N–H and O–H groups in total. The number of aryl methyl sites for hydroxylation is 2. The van der Waals surface area contributed by atoms with Crippen LogP contribution in [0, 0.1) is 6.92 Å². The lowest BCUT2D eigenvalue weighted by molar-refractivity contribution is -0.142. The first-order valence-electron chi connectivity index (χ1n) is 9.76. The highest BCUT2D eigenvalue weighted by Gasteiger charge is 2.18. The second kappa shape index (κ2) is 8.65. The van der Waals surface area contributed by atoms with E-state index in [4.69, 9.17) is 9.72 Å². The number of fused-ring (bicyclic) bond motifs is 1. The number of benzene rings is 1. The minimum atomic E-state index is -0.345. The Kier molecular flexibility index (Phi) is 5.77. The number of thiazole rings is 1. The number of carbonyl (C=O) groups is 2. The van der Waals surface area contributed by atoms with Crippen molar-refractivity contribution in [2.75, 3.05) is 11.9 Å². The zero-order chi connectivity index (χ0) is 22.0. The van der Waals surface area contributed by atoms with Gasteiger partial charge in [0.25, 0.3) is 5.91 Å². The van der Waals surface area contributed by atoms with Crippen molar-refractivity contribution < 1.29 is 14.3 Å². The van der Waals surface area contributed by atoms with E-state index in [-0.39, 0.29) is 18.3 Å². The number of para-hydroxylation sites is 1. The molecule has 0 saturated heterocycles. The predicted octanol–water partition coefficient (Wildman–Crippen LogP) is 3.76. The SMILES string of the molecule is CCOC(=O)Cc1csc(NC(=O)c2cc(-c3cn(C)nc3C)nc3ccccc23)n1. The van der Waals surface area contributed by atoms with Crippen LogP contribution >= 0.6 is 11.3 Å². The highest BCUT2D eigenvalue weighted by Crippen LogP contribution is 2.27. The summed E-state index contributed by atoms with van der Waals surface area (Å²) in [5, 5.41) is 10.1. The number of anilines is 1. The molecule has 9 heteroatoms. The molecule has 0 aliphatic carbocycles. The van der Waals surface area contributed by atoms with E-state index >= 15 is 0 Å². The molecule has 158 valence electrons. The van der Waals surface area contributed by atoms with Gasteiger partial charge < -0.3 is 4.74 Å². The number of ether oxygens (including phenoxy) is 1. The fourth-order valence-electron chi connectivity index (χ4n) is 3.32. The monoisotopic (exact) mass is 435 g/mol. The third-order valence-corrected chi connectivity index (χ3v) is 5.46. The molecule has 0 saturated carbocycles. The summed E-state index contributed by atoms with van der Waals surface area (Å²) in [4.78, 5) is 33.9. The van der Waals surface area contributed by atoms with E-state index in [1.54, 1.807) is 23.1 Å². The first-order chi connectivity index (χ1) is 14.9. The third-order valence-electron chi connectivity index (χ3n) is 4.65.